The van der Waals surface area contributed by atoms with Crippen LogP contribution in [0.15, 0.2) is 49.6 Å². The van der Waals surface area contributed by atoms with Gasteiger partial charge in [-0.25, -0.2) is 0 Å². The number of thioether (sulfide) groups is 1. The van der Waals surface area contributed by atoms with Crippen LogP contribution in [0.1, 0.15) is 6.42 Å². The molecule has 0 bridgehead atoms. The summed E-state index contributed by atoms with van der Waals surface area (Å²) >= 11 is 1.98. The molecule has 2 heterocycles. The number of allylic oxidation sites excluding steroid dienone is 3. The van der Waals surface area contributed by atoms with Crippen LogP contribution in [0.25, 0.3) is 0 Å². The van der Waals surface area contributed by atoms with Crippen LogP contribution in [0.5, 0.6) is 0 Å². The zero-order chi connectivity index (χ0) is 14.4. The third kappa shape index (κ3) is 3.76. The molecule has 2 rings (SSSR count). The lowest BCUT2D eigenvalue weighted by Crippen LogP contribution is -2.39. The highest BCUT2D eigenvalue weighted by molar-refractivity contribution is 8.01. The summed E-state index contributed by atoms with van der Waals surface area (Å²) in [6.45, 7) is 13.9. The van der Waals surface area contributed by atoms with Gasteiger partial charge in [-0.3, -0.25) is 0 Å². The van der Waals surface area contributed by atoms with Crippen molar-refractivity contribution in [1.29, 1.82) is 0 Å². The number of rotatable bonds is 8. The highest BCUT2D eigenvalue weighted by Gasteiger charge is 2.37. The number of hydrogen-bond acceptors (Lipinski definition) is 3. The largest absolute Gasteiger partial charge is 0.401 e. The summed E-state index contributed by atoms with van der Waals surface area (Å²) in [6.07, 6.45) is 9.55. The van der Waals surface area contributed by atoms with Crippen LogP contribution >= 0.6 is 11.8 Å². The molecule has 2 nitrogen and oxygen atoms in total. The number of nitrogens with one attached hydrogen (secondary N) is 1. The Hall–Kier alpha value is -0.553. The molecule has 0 radical (unpaired) electrons. The molecule has 0 saturated carbocycles. The van der Waals surface area contributed by atoms with Crippen LogP contribution in [-0.4, -0.2) is 32.1 Å². The summed E-state index contributed by atoms with van der Waals surface area (Å²) in [5.74, 6) is 0. The number of hydrogen-bond donors (Lipinski definition) is 1. The van der Waals surface area contributed by atoms with Gasteiger partial charge in [0.2, 0.25) is 8.32 Å². The predicted molar refractivity (Wildman–Crippen MR) is 92.6 cm³/mol. The fourth-order valence-corrected chi connectivity index (χ4v) is 7.88. The van der Waals surface area contributed by atoms with E-state index in [-0.39, 0.29) is 5.44 Å². The third-order valence-corrected chi connectivity index (χ3v) is 9.28. The molecule has 2 aliphatic rings. The molecule has 2 unspecified atom stereocenters. The maximum Gasteiger partial charge on any atom is 0.205 e. The fourth-order valence-electron chi connectivity index (χ4n) is 2.95. The average Bonchev–Trinajstić information content (AvgIpc) is 2.81. The van der Waals surface area contributed by atoms with Gasteiger partial charge in [0.25, 0.3) is 0 Å². The van der Waals surface area contributed by atoms with Crippen LogP contribution in [-0.2, 0) is 4.43 Å². The van der Waals surface area contributed by atoms with Gasteiger partial charge in [-0.2, -0.15) is 0 Å². The molecule has 2 aliphatic heterocycles. The molecule has 1 fully saturated rings. The molecule has 2 atom stereocenters. The van der Waals surface area contributed by atoms with Gasteiger partial charge in [0.15, 0.2) is 0 Å². The minimum Gasteiger partial charge on any atom is -0.401 e. The Morgan fingerprint density at radius 3 is 2.45 bits per heavy atom. The Morgan fingerprint density at radius 2 is 1.90 bits per heavy atom. The van der Waals surface area contributed by atoms with Gasteiger partial charge in [-0.1, -0.05) is 18.2 Å². The van der Waals surface area contributed by atoms with Crippen molar-refractivity contribution in [2.75, 3.05) is 13.1 Å². The van der Waals surface area contributed by atoms with Crippen molar-refractivity contribution in [3.8, 4) is 0 Å². The standard InChI is InChI=1S/C16H25NOSSi/c1-4-9-20(10-5-2,11-6-3)18-16-12-14-13-17-8-7-15(14)19-16/h4-6,12,15-17H,1-3,7-11,13H2. The molecule has 1 N–H and O–H groups in total. The maximum absolute atomic E-state index is 6.60. The van der Waals surface area contributed by atoms with Crippen LogP contribution in [0.3, 0.4) is 0 Å². The van der Waals surface area contributed by atoms with Gasteiger partial charge < -0.3 is 9.74 Å². The Morgan fingerprint density at radius 1 is 1.25 bits per heavy atom. The molecule has 0 aromatic rings. The van der Waals surface area contributed by atoms with E-state index in [4.69, 9.17) is 4.43 Å². The molecule has 1 saturated heterocycles. The molecule has 0 aromatic carbocycles. The molecule has 0 amide bonds. The molecule has 110 valence electrons. The first kappa shape index (κ1) is 15.8. The van der Waals surface area contributed by atoms with Gasteiger partial charge in [-0.15, -0.1) is 31.5 Å². The number of fused-ring (bicyclic) bond motifs is 1. The van der Waals surface area contributed by atoms with Gasteiger partial charge >= 0.3 is 0 Å². The van der Waals surface area contributed by atoms with Crippen LogP contribution in [0.4, 0.5) is 0 Å². The van der Waals surface area contributed by atoms with E-state index in [9.17, 15) is 0 Å². The quantitative estimate of drug-likeness (QED) is 0.543. The van der Waals surface area contributed by atoms with Crippen molar-refractivity contribution in [2.24, 2.45) is 0 Å². The molecule has 20 heavy (non-hydrogen) atoms. The maximum atomic E-state index is 6.60. The van der Waals surface area contributed by atoms with Gasteiger partial charge in [0.05, 0.1) is 0 Å². The zero-order valence-electron chi connectivity index (χ0n) is 12.1. The van der Waals surface area contributed by atoms with E-state index in [2.05, 4.69) is 31.1 Å². The molecule has 4 heteroatoms. The monoisotopic (exact) mass is 307 g/mol. The lowest BCUT2D eigenvalue weighted by Gasteiger charge is -2.31. The van der Waals surface area contributed by atoms with Crippen molar-refractivity contribution in [3.63, 3.8) is 0 Å². The topological polar surface area (TPSA) is 21.3 Å². The van der Waals surface area contributed by atoms with Crippen LogP contribution in [0, 0.1) is 0 Å². The van der Waals surface area contributed by atoms with Gasteiger partial charge in [0, 0.05) is 11.8 Å². The Balaban J connectivity index is 2.07. The highest BCUT2D eigenvalue weighted by Crippen LogP contribution is 2.40. The van der Waals surface area contributed by atoms with E-state index in [1.165, 1.54) is 12.0 Å². The predicted octanol–water partition coefficient (Wildman–Crippen LogP) is 3.87. The zero-order valence-corrected chi connectivity index (χ0v) is 14.0. The molecular weight excluding hydrogens is 282 g/mol. The van der Waals surface area contributed by atoms with Crippen molar-refractivity contribution >= 4 is 20.1 Å². The molecular formula is C16H25NOSSi. The normalized spacial score (nSPS) is 25.7. The van der Waals surface area contributed by atoms with Gasteiger partial charge in [0.1, 0.15) is 5.44 Å². The summed E-state index contributed by atoms with van der Waals surface area (Å²) in [6, 6.07) is 2.90. The summed E-state index contributed by atoms with van der Waals surface area (Å²) < 4.78 is 6.60. The Labute approximate surface area is 128 Å². The lowest BCUT2D eigenvalue weighted by atomic mass is 10.1. The summed E-state index contributed by atoms with van der Waals surface area (Å²) in [7, 11) is -1.86. The van der Waals surface area contributed by atoms with Crippen LogP contribution < -0.4 is 5.32 Å². The van der Waals surface area contributed by atoms with E-state index in [0.29, 0.717) is 5.25 Å². The first-order valence-electron chi connectivity index (χ1n) is 7.30. The first-order valence-corrected chi connectivity index (χ1v) is 10.8. The highest BCUT2D eigenvalue weighted by atomic mass is 32.2. The van der Waals surface area contributed by atoms with Crippen molar-refractivity contribution in [2.45, 2.75) is 35.2 Å². The lowest BCUT2D eigenvalue weighted by molar-refractivity contribution is 0.319. The Bertz CT molecular complexity index is 381. The molecule has 0 spiro atoms. The fraction of sp³-hybridized carbons (Fsp3) is 0.500. The van der Waals surface area contributed by atoms with E-state index in [1.807, 2.05) is 30.0 Å². The van der Waals surface area contributed by atoms with Crippen molar-refractivity contribution in [3.05, 3.63) is 49.6 Å². The SMILES string of the molecule is C=CC[Si](CC=C)(CC=C)OC1C=C2CNCCC2S1. The van der Waals surface area contributed by atoms with Crippen molar-refractivity contribution in [1.82, 2.24) is 5.32 Å². The second-order valence-electron chi connectivity index (χ2n) is 5.48. The second-order valence-corrected chi connectivity index (χ2v) is 10.6. The summed E-state index contributed by atoms with van der Waals surface area (Å²) in [5, 5.41) is 4.10. The minimum atomic E-state index is -1.86. The average molecular weight is 308 g/mol. The summed E-state index contributed by atoms with van der Waals surface area (Å²) in [4.78, 5) is 0. The first-order chi connectivity index (χ1) is 9.73. The van der Waals surface area contributed by atoms with E-state index in [0.717, 1.165) is 31.2 Å². The minimum absolute atomic E-state index is 0.210. The van der Waals surface area contributed by atoms with Crippen LogP contribution in [0.2, 0.25) is 18.1 Å². The van der Waals surface area contributed by atoms with E-state index in [1.54, 1.807) is 0 Å². The Kier molecular flexibility index (Phi) is 5.90. The van der Waals surface area contributed by atoms with E-state index < -0.39 is 8.32 Å². The molecule has 0 aliphatic carbocycles. The van der Waals surface area contributed by atoms with Crippen molar-refractivity contribution < 1.29 is 4.43 Å². The van der Waals surface area contributed by atoms with Gasteiger partial charge in [-0.05, 0) is 42.7 Å². The smallest absolute Gasteiger partial charge is 0.205 e. The third-order valence-electron chi connectivity index (χ3n) is 3.89. The summed E-state index contributed by atoms with van der Waals surface area (Å²) in [5.41, 5.74) is 1.73. The second kappa shape index (κ2) is 7.45. The molecule has 0 aromatic heterocycles. The van der Waals surface area contributed by atoms with E-state index >= 15 is 0 Å². The number of piperidine rings is 1.